The average Bonchev–Trinajstić information content (AvgIpc) is 2.60. The van der Waals surface area contributed by atoms with Crippen LogP contribution in [0.25, 0.3) is 0 Å². The van der Waals surface area contributed by atoms with Crippen molar-refractivity contribution in [3.63, 3.8) is 0 Å². The van der Waals surface area contributed by atoms with Gasteiger partial charge in [0.05, 0.1) is 0 Å². The van der Waals surface area contributed by atoms with E-state index in [1.807, 2.05) is 45.9 Å². The van der Waals surface area contributed by atoms with Crippen molar-refractivity contribution in [2.45, 2.75) is 51.8 Å². The smallest absolute Gasteiger partial charge is 0.269 e. The Morgan fingerprint density at radius 1 is 1.35 bits per heavy atom. The first-order valence-electron chi connectivity index (χ1n) is 8.71. The molecule has 1 aliphatic carbocycles. The Balaban J connectivity index is 2.15. The summed E-state index contributed by atoms with van der Waals surface area (Å²) in [5.41, 5.74) is 0.842. The summed E-state index contributed by atoms with van der Waals surface area (Å²) in [6.07, 6.45) is 5.32. The highest BCUT2D eigenvalue weighted by Crippen LogP contribution is 2.39. The molecule has 2 amide bonds. The maximum Gasteiger partial charge on any atom is 0.269 e. The molecule has 3 rings (SSSR count). The highest BCUT2D eigenvalue weighted by molar-refractivity contribution is 6.30. The number of hydrogen-bond acceptors (Lipinski definition) is 3. The normalized spacial score (nSPS) is 22.0. The van der Waals surface area contributed by atoms with Crippen LogP contribution in [0.1, 0.15) is 45.7 Å². The maximum absolute atomic E-state index is 13.2. The molecule has 1 aliphatic heterocycles. The summed E-state index contributed by atoms with van der Waals surface area (Å²) in [6.45, 7) is 7.60. The van der Waals surface area contributed by atoms with Gasteiger partial charge in [0.25, 0.3) is 5.91 Å². The number of carbonyl (C=O) groups excluding carboxylic acids is 2. The monoisotopic (exact) mass is 374 g/mol. The van der Waals surface area contributed by atoms with Gasteiger partial charge in [-0.25, -0.2) is 0 Å². The molecule has 2 atom stereocenters. The fourth-order valence-electron chi connectivity index (χ4n) is 3.04. The molecule has 1 N–H and O–H groups in total. The number of fused-ring (bicyclic) bond motifs is 1. The van der Waals surface area contributed by atoms with Gasteiger partial charge in [0.2, 0.25) is 5.91 Å². The van der Waals surface area contributed by atoms with Gasteiger partial charge in [-0.1, -0.05) is 24.6 Å². The molecule has 0 spiro atoms. The van der Waals surface area contributed by atoms with Crippen LogP contribution < -0.4 is 10.1 Å². The summed E-state index contributed by atoms with van der Waals surface area (Å²) in [7, 11) is 0. The van der Waals surface area contributed by atoms with E-state index in [0.29, 0.717) is 28.5 Å². The Morgan fingerprint density at radius 2 is 2.04 bits per heavy atom. The van der Waals surface area contributed by atoms with Crippen molar-refractivity contribution in [3.05, 3.63) is 52.7 Å². The SMILES string of the molecule is CCC1Oc2ccc(Cl)cc2C(C(=O)NC(C)(C)C)N(C2=CC=C2)C1=O. The van der Waals surface area contributed by atoms with Crippen LogP contribution in [0.3, 0.4) is 0 Å². The number of amides is 2. The van der Waals surface area contributed by atoms with E-state index in [1.54, 1.807) is 18.2 Å². The van der Waals surface area contributed by atoms with Gasteiger partial charge < -0.3 is 10.1 Å². The molecule has 0 fully saturated rings. The molecule has 0 aromatic heterocycles. The molecular formula is C20H23ClN2O3. The summed E-state index contributed by atoms with van der Waals surface area (Å²) in [5.74, 6) is 0.00969. The summed E-state index contributed by atoms with van der Waals surface area (Å²) >= 11 is 6.20. The number of nitrogens with one attached hydrogen (secondary N) is 1. The number of carbonyl (C=O) groups is 2. The first-order chi connectivity index (χ1) is 12.2. The maximum atomic E-state index is 13.2. The highest BCUT2D eigenvalue weighted by Gasteiger charge is 2.42. The molecule has 2 unspecified atom stereocenters. The van der Waals surface area contributed by atoms with Crippen LogP contribution in [0.4, 0.5) is 0 Å². The van der Waals surface area contributed by atoms with Gasteiger partial charge in [0, 0.05) is 21.8 Å². The molecule has 6 heteroatoms. The number of rotatable bonds is 3. The lowest BCUT2D eigenvalue weighted by atomic mass is 9.99. The zero-order valence-electron chi connectivity index (χ0n) is 15.4. The van der Waals surface area contributed by atoms with Gasteiger partial charge >= 0.3 is 0 Å². The molecule has 2 aliphatic rings. The molecule has 0 saturated carbocycles. The summed E-state index contributed by atoms with van der Waals surface area (Å²) in [4.78, 5) is 27.9. The Morgan fingerprint density at radius 3 is 2.58 bits per heavy atom. The standard InChI is InChI=1S/C20H23ClN2O3/c1-5-15-19(25)23(13-7-6-8-13)17(18(24)22-20(2,3)4)14-11-12(21)9-10-16(14)26-15/h6-11,15,17H,5H2,1-4H3,(H,22,24). The highest BCUT2D eigenvalue weighted by atomic mass is 35.5. The molecular weight excluding hydrogens is 352 g/mol. The number of allylic oxidation sites excluding steroid dienone is 3. The molecule has 138 valence electrons. The van der Waals surface area contributed by atoms with Crippen LogP contribution >= 0.6 is 11.6 Å². The van der Waals surface area contributed by atoms with Crippen LogP contribution in [0, 0.1) is 0 Å². The molecule has 1 aromatic rings. The molecule has 1 heterocycles. The second kappa shape index (κ2) is 6.80. The minimum Gasteiger partial charge on any atom is -0.480 e. The summed E-state index contributed by atoms with van der Waals surface area (Å²) < 4.78 is 5.95. The fraction of sp³-hybridized carbons (Fsp3) is 0.400. The van der Waals surface area contributed by atoms with Crippen molar-refractivity contribution in [2.24, 2.45) is 0 Å². The van der Waals surface area contributed by atoms with E-state index < -0.39 is 17.7 Å². The lowest BCUT2D eigenvalue weighted by molar-refractivity contribution is -0.143. The fourth-order valence-corrected chi connectivity index (χ4v) is 3.22. The lowest BCUT2D eigenvalue weighted by Gasteiger charge is -2.34. The van der Waals surface area contributed by atoms with Gasteiger partial charge in [-0.05, 0) is 57.5 Å². The second-order valence-corrected chi connectivity index (χ2v) is 7.93. The molecule has 1 aromatic carbocycles. The summed E-state index contributed by atoms with van der Waals surface area (Å²) in [5, 5.41) is 3.47. The number of ether oxygens (including phenoxy) is 1. The van der Waals surface area contributed by atoms with Gasteiger partial charge in [0.15, 0.2) is 6.10 Å². The second-order valence-electron chi connectivity index (χ2n) is 7.50. The van der Waals surface area contributed by atoms with Crippen molar-refractivity contribution in [3.8, 4) is 5.75 Å². The number of benzene rings is 1. The van der Waals surface area contributed by atoms with Crippen LogP contribution in [0.5, 0.6) is 5.75 Å². The largest absolute Gasteiger partial charge is 0.480 e. The zero-order chi connectivity index (χ0) is 19.1. The molecule has 5 nitrogen and oxygen atoms in total. The molecule has 0 saturated heterocycles. The van der Waals surface area contributed by atoms with Crippen LogP contribution in [-0.2, 0) is 9.59 Å². The molecule has 0 radical (unpaired) electrons. The Kier molecular flexibility index (Phi) is 4.84. The van der Waals surface area contributed by atoms with Crippen molar-refractivity contribution in [1.82, 2.24) is 10.2 Å². The first-order valence-corrected chi connectivity index (χ1v) is 9.08. The third kappa shape index (κ3) is 3.49. The Labute approximate surface area is 158 Å². The van der Waals surface area contributed by atoms with E-state index in [1.165, 1.54) is 4.90 Å². The van der Waals surface area contributed by atoms with E-state index in [9.17, 15) is 9.59 Å². The third-order valence-electron chi connectivity index (χ3n) is 4.24. The van der Waals surface area contributed by atoms with Crippen molar-refractivity contribution < 1.29 is 14.3 Å². The molecule has 26 heavy (non-hydrogen) atoms. The van der Waals surface area contributed by atoms with Crippen molar-refractivity contribution >= 4 is 23.4 Å². The molecule has 0 bridgehead atoms. The Hall–Kier alpha value is -2.27. The predicted molar refractivity (Wildman–Crippen MR) is 101 cm³/mol. The number of halogens is 1. The quantitative estimate of drug-likeness (QED) is 0.876. The van der Waals surface area contributed by atoms with Gasteiger partial charge in [-0.3, -0.25) is 14.5 Å². The van der Waals surface area contributed by atoms with Crippen molar-refractivity contribution in [2.75, 3.05) is 0 Å². The van der Waals surface area contributed by atoms with Gasteiger partial charge in [-0.15, -0.1) is 0 Å². The van der Waals surface area contributed by atoms with Gasteiger partial charge in [0.1, 0.15) is 11.8 Å². The summed E-state index contributed by atoms with van der Waals surface area (Å²) in [6, 6.07) is 4.28. The van der Waals surface area contributed by atoms with Gasteiger partial charge in [-0.2, -0.15) is 0 Å². The number of hydrogen-bond donors (Lipinski definition) is 1. The topological polar surface area (TPSA) is 58.6 Å². The predicted octanol–water partition coefficient (Wildman–Crippen LogP) is 3.75. The van der Waals surface area contributed by atoms with Crippen LogP contribution in [-0.4, -0.2) is 28.4 Å². The van der Waals surface area contributed by atoms with Crippen LogP contribution in [0.2, 0.25) is 5.02 Å². The lowest BCUT2D eigenvalue weighted by Crippen LogP contribution is -2.50. The van der Waals surface area contributed by atoms with E-state index in [2.05, 4.69) is 5.32 Å². The zero-order valence-corrected chi connectivity index (χ0v) is 16.1. The van der Waals surface area contributed by atoms with E-state index in [0.717, 1.165) is 0 Å². The first kappa shape index (κ1) is 18.5. The van der Waals surface area contributed by atoms with Crippen LogP contribution in [0.15, 0.2) is 42.1 Å². The average molecular weight is 375 g/mol. The third-order valence-corrected chi connectivity index (χ3v) is 4.47. The minimum absolute atomic E-state index is 0.232. The van der Waals surface area contributed by atoms with E-state index in [4.69, 9.17) is 16.3 Å². The Bertz CT molecular complexity index is 808. The van der Waals surface area contributed by atoms with Crippen molar-refractivity contribution in [1.29, 1.82) is 0 Å². The minimum atomic E-state index is -0.844. The number of nitrogens with zero attached hydrogens (tertiary/aromatic N) is 1. The van der Waals surface area contributed by atoms with E-state index in [-0.39, 0.29) is 11.8 Å². The van der Waals surface area contributed by atoms with E-state index >= 15 is 0 Å².